The molecule has 0 aliphatic rings. The molecule has 6 heteroatoms. The fourth-order valence-corrected chi connectivity index (χ4v) is 1.14. The summed E-state index contributed by atoms with van der Waals surface area (Å²) in [4.78, 5) is 14.4. The topological polar surface area (TPSA) is 80.6 Å². The molecule has 14 heavy (non-hydrogen) atoms. The molecule has 0 bridgehead atoms. The van der Waals surface area contributed by atoms with Gasteiger partial charge in [0, 0.05) is 12.4 Å². The minimum absolute atomic E-state index is 0. The molecule has 2 aromatic rings. The second kappa shape index (κ2) is 3.55. The number of aromatic nitrogens is 2. The molecule has 0 spiro atoms. The molecular formula is C8H8ClN3O2. The number of aromatic carboxylic acids is 1. The van der Waals surface area contributed by atoms with Gasteiger partial charge in [0.25, 0.3) is 0 Å². The Kier molecular flexibility index (Phi) is 2.62. The Hall–Kier alpha value is -1.75. The minimum atomic E-state index is -1.05. The maximum Gasteiger partial charge on any atom is 0.356 e. The Morgan fingerprint density at radius 3 is 2.86 bits per heavy atom. The van der Waals surface area contributed by atoms with Crippen molar-refractivity contribution >= 4 is 29.7 Å². The number of fused-ring (bicyclic) bond motifs is 1. The molecule has 0 amide bonds. The standard InChI is InChI=1S/C8H7N3O2.ClH/c9-5-2-1-3-11-4-6(8(12)13)10-7(5)11;/h1-4H,9H2,(H,12,13);1H. The predicted octanol–water partition coefficient (Wildman–Crippen LogP) is 1.04. The average molecular weight is 214 g/mol. The molecule has 5 nitrogen and oxygen atoms in total. The van der Waals surface area contributed by atoms with Crippen LogP contribution in [0.1, 0.15) is 10.5 Å². The van der Waals surface area contributed by atoms with E-state index in [1.54, 1.807) is 22.7 Å². The third-order valence-corrected chi connectivity index (χ3v) is 1.73. The van der Waals surface area contributed by atoms with Crippen molar-refractivity contribution in [2.45, 2.75) is 0 Å². The van der Waals surface area contributed by atoms with Gasteiger partial charge in [-0.3, -0.25) is 0 Å². The quantitative estimate of drug-likeness (QED) is 0.742. The van der Waals surface area contributed by atoms with Crippen LogP contribution in [0.3, 0.4) is 0 Å². The highest BCUT2D eigenvalue weighted by molar-refractivity contribution is 5.87. The second-order valence-corrected chi connectivity index (χ2v) is 2.63. The summed E-state index contributed by atoms with van der Waals surface area (Å²) in [5.41, 5.74) is 6.53. The summed E-state index contributed by atoms with van der Waals surface area (Å²) in [5.74, 6) is -1.05. The largest absolute Gasteiger partial charge is 0.476 e. The first-order valence-corrected chi connectivity index (χ1v) is 3.65. The monoisotopic (exact) mass is 213 g/mol. The SMILES string of the molecule is Cl.Nc1cccn2cc(C(=O)O)nc12. The number of hydrogen-bond donors (Lipinski definition) is 2. The van der Waals surface area contributed by atoms with E-state index in [1.165, 1.54) is 6.20 Å². The third-order valence-electron chi connectivity index (χ3n) is 1.73. The van der Waals surface area contributed by atoms with Crippen LogP contribution in [-0.2, 0) is 0 Å². The molecule has 2 rings (SSSR count). The number of nitrogens with two attached hydrogens (primary N) is 1. The number of carboxylic acids is 1. The zero-order chi connectivity index (χ0) is 9.42. The number of hydrogen-bond acceptors (Lipinski definition) is 3. The summed E-state index contributed by atoms with van der Waals surface area (Å²) in [7, 11) is 0. The molecule has 2 heterocycles. The number of carboxylic acid groups (broad SMARTS) is 1. The van der Waals surface area contributed by atoms with Crippen molar-refractivity contribution in [1.29, 1.82) is 0 Å². The zero-order valence-electron chi connectivity index (χ0n) is 7.04. The molecular weight excluding hydrogens is 206 g/mol. The highest BCUT2D eigenvalue weighted by Gasteiger charge is 2.09. The summed E-state index contributed by atoms with van der Waals surface area (Å²) in [5, 5.41) is 8.66. The first-order chi connectivity index (χ1) is 6.18. The van der Waals surface area contributed by atoms with Crippen LogP contribution in [-0.4, -0.2) is 20.5 Å². The van der Waals surface area contributed by atoms with Crippen LogP contribution >= 0.6 is 12.4 Å². The number of rotatable bonds is 1. The lowest BCUT2D eigenvalue weighted by Gasteiger charge is -1.93. The van der Waals surface area contributed by atoms with Crippen molar-refractivity contribution < 1.29 is 9.90 Å². The predicted molar refractivity (Wildman–Crippen MR) is 53.8 cm³/mol. The van der Waals surface area contributed by atoms with E-state index < -0.39 is 5.97 Å². The molecule has 0 fully saturated rings. The molecule has 0 saturated carbocycles. The maximum absolute atomic E-state index is 10.6. The number of nitrogens with zero attached hydrogens (tertiary/aromatic N) is 2. The number of carbonyl (C=O) groups is 1. The number of halogens is 1. The normalized spacial score (nSPS) is 9.71. The molecule has 0 aromatic carbocycles. The van der Waals surface area contributed by atoms with E-state index in [9.17, 15) is 4.79 Å². The van der Waals surface area contributed by atoms with Gasteiger partial charge in [0.2, 0.25) is 0 Å². The third kappa shape index (κ3) is 1.49. The molecule has 74 valence electrons. The summed E-state index contributed by atoms with van der Waals surface area (Å²) in [6.07, 6.45) is 3.12. The van der Waals surface area contributed by atoms with Gasteiger partial charge in [-0.05, 0) is 12.1 Å². The Bertz CT molecular complexity index is 480. The summed E-state index contributed by atoms with van der Waals surface area (Å²) in [6.45, 7) is 0. The van der Waals surface area contributed by atoms with Gasteiger partial charge in [-0.15, -0.1) is 12.4 Å². The minimum Gasteiger partial charge on any atom is -0.476 e. The van der Waals surface area contributed by atoms with Crippen LogP contribution in [0.5, 0.6) is 0 Å². The van der Waals surface area contributed by atoms with Crippen molar-refractivity contribution in [2.75, 3.05) is 5.73 Å². The first kappa shape index (κ1) is 10.3. The van der Waals surface area contributed by atoms with E-state index in [4.69, 9.17) is 10.8 Å². The van der Waals surface area contributed by atoms with Gasteiger partial charge >= 0.3 is 5.97 Å². The Labute approximate surface area is 85.6 Å². The van der Waals surface area contributed by atoms with E-state index in [2.05, 4.69) is 4.98 Å². The smallest absolute Gasteiger partial charge is 0.356 e. The highest BCUT2D eigenvalue weighted by atomic mass is 35.5. The van der Waals surface area contributed by atoms with Gasteiger partial charge in [-0.2, -0.15) is 0 Å². The van der Waals surface area contributed by atoms with Crippen molar-refractivity contribution in [3.63, 3.8) is 0 Å². The van der Waals surface area contributed by atoms with Gasteiger partial charge in [-0.1, -0.05) is 0 Å². The summed E-state index contributed by atoms with van der Waals surface area (Å²) >= 11 is 0. The van der Waals surface area contributed by atoms with Crippen LogP contribution in [0.2, 0.25) is 0 Å². The lowest BCUT2D eigenvalue weighted by Crippen LogP contribution is -1.95. The van der Waals surface area contributed by atoms with Crippen LogP contribution in [0.15, 0.2) is 24.5 Å². The van der Waals surface area contributed by atoms with Crippen LogP contribution in [0.4, 0.5) is 5.69 Å². The Balaban J connectivity index is 0.000000980. The van der Waals surface area contributed by atoms with Crippen molar-refractivity contribution in [3.05, 3.63) is 30.2 Å². The van der Waals surface area contributed by atoms with E-state index in [0.717, 1.165) is 0 Å². The molecule has 0 unspecified atom stereocenters. The van der Waals surface area contributed by atoms with E-state index in [0.29, 0.717) is 11.3 Å². The Morgan fingerprint density at radius 1 is 1.57 bits per heavy atom. The fraction of sp³-hybridized carbons (Fsp3) is 0. The number of pyridine rings is 1. The fourth-order valence-electron chi connectivity index (χ4n) is 1.14. The summed E-state index contributed by atoms with van der Waals surface area (Å²) in [6, 6.07) is 3.41. The van der Waals surface area contributed by atoms with Crippen LogP contribution in [0.25, 0.3) is 5.65 Å². The van der Waals surface area contributed by atoms with Crippen LogP contribution in [0, 0.1) is 0 Å². The average Bonchev–Trinajstić information content (AvgIpc) is 2.49. The molecule has 2 aromatic heterocycles. The van der Waals surface area contributed by atoms with Crippen molar-refractivity contribution in [2.24, 2.45) is 0 Å². The molecule has 0 radical (unpaired) electrons. The maximum atomic E-state index is 10.6. The highest BCUT2D eigenvalue weighted by Crippen LogP contribution is 2.12. The number of imidazole rings is 1. The van der Waals surface area contributed by atoms with Crippen molar-refractivity contribution in [3.8, 4) is 0 Å². The lowest BCUT2D eigenvalue weighted by atomic mass is 10.4. The second-order valence-electron chi connectivity index (χ2n) is 2.63. The van der Waals surface area contributed by atoms with Gasteiger partial charge in [-0.25, -0.2) is 9.78 Å². The van der Waals surface area contributed by atoms with E-state index >= 15 is 0 Å². The van der Waals surface area contributed by atoms with E-state index in [-0.39, 0.29) is 18.1 Å². The molecule has 0 aliphatic heterocycles. The number of nitrogen functional groups attached to an aromatic ring is 1. The van der Waals surface area contributed by atoms with Gasteiger partial charge in [0.15, 0.2) is 11.3 Å². The summed E-state index contributed by atoms with van der Waals surface area (Å²) < 4.78 is 1.58. The van der Waals surface area contributed by atoms with Crippen molar-refractivity contribution in [1.82, 2.24) is 9.38 Å². The molecule has 0 saturated heterocycles. The van der Waals surface area contributed by atoms with Gasteiger partial charge in [0.1, 0.15) is 0 Å². The van der Waals surface area contributed by atoms with Gasteiger partial charge in [0.05, 0.1) is 5.69 Å². The van der Waals surface area contributed by atoms with E-state index in [1.807, 2.05) is 0 Å². The number of anilines is 1. The lowest BCUT2D eigenvalue weighted by molar-refractivity contribution is 0.0691. The first-order valence-electron chi connectivity index (χ1n) is 3.65. The van der Waals surface area contributed by atoms with Gasteiger partial charge < -0.3 is 15.2 Å². The zero-order valence-corrected chi connectivity index (χ0v) is 7.86. The molecule has 3 N–H and O–H groups in total. The molecule has 0 aliphatic carbocycles. The Morgan fingerprint density at radius 2 is 2.29 bits per heavy atom. The van der Waals surface area contributed by atoms with Crippen LogP contribution < -0.4 is 5.73 Å². The molecule has 0 atom stereocenters.